The zero-order chi connectivity index (χ0) is 19.6. The molecule has 1 fully saturated rings. The molecule has 1 aromatic heterocycles. The Labute approximate surface area is 159 Å². The summed E-state index contributed by atoms with van der Waals surface area (Å²) in [6.07, 6.45) is 5.44. The Kier molecular flexibility index (Phi) is 5.65. The first kappa shape index (κ1) is 19.5. The first-order valence-corrected chi connectivity index (χ1v) is 9.82. The summed E-state index contributed by atoms with van der Waals surface area (Å²) in [6, 6.07) is 6.90. The van der Waals surface area contributed by atoms with Gasteiger partial charge in [-0.25, -0.2) is 4.68 Å². The molecule has 146 valence electrons. The molecule has 1 aliphatic carbocycles. The molecule has 0 aliphatic heterocycles. The Morgan fingerprint density at radius 3 is 2.48 bits per heavy atom. The fourth-order valence-corrected chi connectivity index (χ4v) is 4.05. The number of nitrogens with one attached hydrogen (secondary N) is 1. The number of hydrogen-bond acceptors (Lipinski definition) is 4. The Hall–Kier alpha value is -2.21. The second-order valence-electron chi connectivity index (χ2n) is 8.10. The van der Waals surface area contributed by atoms with E-state index in [-0.39, 0.29) is 35.7 Å². The fraction of sp³-hybridized carbons (Fsp3) is 0.571. The van der Waals surface area contributed by atoms with Crippen molar-refractivity contribution in [2.24, 2.45) is 5.92 Å². The van der Waals surface area contributed by atoms with Gasteiger partial charge in [-0.2, -0.15) is 5.10 Å². The number of amides is 1. The third kappa shape index (κ3) is 3.76. The number of rotatable bonds is 5. The highest BCUT2D eigenvalue weighted by molar-refractivity contribution is 6.05. The monoisotopic (exact) mass is 371 g/mol. The summed E-state index contributed by atoms with van der Waals surface area (Å²) in [5, 5.41) is 18.5. The standard InChI is InChI=1S/C21H29N3O3/c1-14(2)24-20(27)17-12-8-7-11-16(17)18(23-24)19(26)22-21(3,13-25)15-9-5-4-6-10-15/h7-8,11-12,14-15,25H,4-6,9-10,13H2,1-3H3,(H,22,26). The third-order valence-corrected chi connectivity index (χ3v) is 5.77. The van der Waals surface area contributed by atoms with Gasteiger partial charge in [-0.1, -0.05) is 37.5 Å². The molecule has 1 atom stereocenters. The van der Waals surface area contributed by atoms with Crippen molar-refractivity contribution in [3.63, 3.8) is 0 Å². The van der Waals surface area contributed by atoms with Crippen LogP contribution in [0.25, 0.3) is 10.8 Å². The maximum Gasteiger partial charge on any atom is 0.274 e. The topological polar surface area (TPSA) is 84.2 Å². The van der Waals surface area contributed by atoms with Gasteiger partial charge in [0, 0.05) is 5.39 Å². The maximum atomic E-state index is 13.2. The van der Waals surface area contributed by atoms with Crippen molar-refractivity contribution in [2.45, 2.75) is 64.5 Å². The summed E-state index contributed by atoms with van der Waals surface area (Å²) >= 11 is 0. The molecule has 3 rings (SSSR count). The molecule has 0 spiro atoms. The van der Waals surface area contributed by atoms with E-state index in [1.54, 1.807) is 24.3 Å². The van der Waals surface area contributed by atoms with Gasteiger partial charge >= 0.3 is 0 Å². The van der Waals surface area contributed by atoms with E-state index in [0.29, 0.717) is 10.8 Å². The number of fused-ring (bicyclic) bond motifs is 1. The lowest BCUT2D eigenvalue weighted by molar-refractivity contribution is 0.0675. The second kappa shape index (κ2) is 7.80. The first-order chi connectivity index (χ1) is 12.9. The number of aromatic nitrogens is 2. The van der Waals surface area contributed by atoms with Crippen LogP contribution >= 0.6 is 0 Å². The number of aliphatic hydroxyl groups is 1. The number of benzene rings is 1. The molecule has 1 saturated carbocycles. The Balaban J connectivity index is 2.02. The van der Waals surface area contributed by atoms with Gasteiger partial charge in [0.15, 0.2) is 5.69 Å². The molecule has 1 heterocycles. The summed E-state index contributed by atoms with van der Waals surface area (Å²) in [4.78, 5) is 25.8. The van der Waals surface area contributed by atoms with Gasteiger partial charge in [0.1, 0.15) is 0 Å². The lowest BCUT2D eigenvalue weighted by atomic mass is 9.76. The van der Waals surface area contributed by atoms with Crippen LogP contribution in [-0.2, 0) is 0 Å². The third-order valence-electron chi connectivity index (χ3n) is 5.77. The average Bonchev–Trinajstić information content (AvgIpc) is 2.68. The van der Waals surface area contributed by atoms with E-state index in [1.807, 2.05) is 20.8 Å². The second-order valence-corrected chi connectivity index (χ2v) is 8.10. The predicted molar refractivity (Wildman–Crippen MR) is 106 cm³/mol. The molecule has 1 amide bonds. The van der Waals surface area contributed by atoms with Crippen LogP contribution in [0.15, 0.2) is 29.1 Å². The van der Waals surface area contributed by atoms with Crippen LogP contribution < -0.4 is 10.9 Å². The van der Waals surface area contributed by atoms with E-state index in [0.717, 1.165) is 25.7 Å². The van der Waals surface area contributed by atoms with Crippen LogP contribution in [0.5, 0.6) is 0 Å². The summed E-state index contributed by atoms with van der Waals surface area (Å²) in [6.45, 7) is 5.52. The Morgan fingerprint density at radius 2 is 1.89 bits per heavy atom. The molecule has 0 bridgehead atoms. The lowest BCUT2D eigenvalue weighted by Crippen LogP contribution is -2.55. The molecule has 1 aromatic carbocycles. The van der Waals surface area contributed by atoms with Gasteiger partial charge in [-0.05, 0) is 45.6 Å². The highest BCUT2D eigenvalue weighted by Gasteiger charge is 2.36. The van der Waals surface area contributed by atoms with Gasteiger partial charge in [0.05, 0.1) is 23.6 Å². The van der Waals surface area contributed by atoms with Gasteiger partial charge in [0.2, 0.25) is 0 Å². The average molecular weight is 371 g/mol. The van der Waals surface area contributed by atoms with E-state index < -0.39 is 5.54 Å². The Morgan fingerprint density at radius 1 is 1.26 bits per heavy atom. The molecule has 27 heavy (non-hydrogen) atoms. The van der Waals surface area contributed by atoms with Crippen molar-refractivity contribution in [1.29, 1.82) is 0 Å². The molecule has 6 nitrogen and oxygen atoms in total. The van der Waals surface area contributed by atoms with Crippen molar-refractivity contribution in [3.8, 4) is 0 Å². The maximum absolute atomic E-state index is 13.2. The number of nitrogens with zero attached hydrogens (tertiary/aromatic N) is 2. The van der Waals surface area contributed by atoms with Crippen molar-refractivity contribution in [2.75, 3.05) is 6.61 Å². The van der Waals surface area contributed by atoms with Crippen LogP contribution in [0, 0.1) is 5.92 Å². The molecular weight excluding hydrogens is 342 g/mol. The molecule has 1 unspecified atom stereocenters. The molecule has 0 saturated heterocycles. The smallest absolute Gasteiger partial charge is 0.274 e. The van der Waals surface area contributed by atoms with Gasteiger partial charge < -0.3 is 10.4 Å². The van der Waals surface area contributed by atoms with Crippen molar-refractivity contribution < 1.29 is 9.90 Å². The highest BCUT2D eigenvalue weighted by atomic mass is 16.3. The van der Waals surface area contributed by atoms with Crippen molar-refractivity contribution in [1.82, 2.24) is 15.1 Å². The summed E-state index contributed by atoms with van der Waals surface area (Å²) in [7, 11) is 0. The number of hydrogen-bond donors (Lipinski definition) is 2. The summed E-state index contributed by atoms with van der Waals surface area (Å²) in [5.74, 6) is -0.106. The molecule has 2 N–H and O–H groups in total. The van der Waals surface area contributed by atoms with E-state index in [4.69, 9.17) is 0 Å². The van der Waals surface area contributed by atoms with Gasteiger partial charge in [-0.3, -0.25) is 9.59 Å². The van der Waals surface area contributed by atoms with Crippen LogP contribution in [0.1, 0.15) is 69.4 Å². The molecule has 2 aromatic rings. The quantitative estimate of drug-likeness (QED) is 0.846. The van der Waals surface area contributed by atoms with E-state index in [9.17, 15) is 14.7 Å². The van der Waals surface area contributed by atoms with Crippen LogP contribution in [0.4, 0.5) is 0 Å². The SMILES string of the molecule is CC(C)n1nc(C(=O)NC(C)(CO)C2CCCCC2)c2ccccc2c1=O. The number of aliphatic hydroxyl groups excluding tert-OH is 1. The highest BCUT2D eigenvalue weighted by Crippen LogP contribution is 2.32. The number of carbonyl (C=O) groups excluding carboxylic acids is 1. The summed E-state index contributed by atoms with van der Waals surface area (Å²) in [5.41, 5.74) is -0.664. The minimum atomic E-state index is -0.695. The summed E-state index contributed by atoms with van der Waals surface area (Å²) < 4.78 is 1.36. The van der Waals surface area contributed by atoms with Crippen molar-refractivity contribution in [3.05, 3.63) is 40.3 Å². The van der Waals surface area contributed by atoms with Gasteiger partial charge in [-0.15, -0.1) is 0 Å². The molecule has 6 heteroatoms. The largest absolute Gasteiger partial charge is 0.394 e. The van der Waals surface area contributed by atoms with Crippen molar-refractivity contribution >= 4 is 16.7 Å². The van der Waals surface area contributed by atoms with Crippen LogP contribution in [-0.4, -0.2) is 32.9 Å². The zero-order valence-electron chi connectivity index (χ0n) is 16.4. The predicted octanol–water partition coefficient (Wildman–Crippen LogP) is 3.04. The molecular formula is C21H29N3O3. The van der Waals surface area contributed by atoms with E-state index in [1.165, 1.54) is 11.1 Å². The van der Waals surface area contributed by atoms with Crippen LogP contribution in [0.3, 0.4) is 0 Å². The van der Waals surface area contributed by atoms with Crippen LogP contribution in [0.2, 0.25) is 0 Å². The normalized spacial score (nSPS) is 17.8. The van der Waals surface area contributed by atoms with E-state index >= 15 is 0 Å². The number of carbonyl (C=O) groups is 1. The van der Waals surface area contributed by atoms with Gasteiger partial charge in [0.25, 0.3) is 11.5 Å². The Bertz CT molecular complexity index is 884. The van der Waals surface area contributed by atoms with E-state index in [2.05, 4.69) is 10.4 Å². The molecule has 1 aliphatic rings. The lowest BCUT2D eigenvalue weighted by Gasteiger charge is -2.39. The fourth-order valence-electron chi connectivity index (χ4n) is 4.05. The minimum Gasteiger partial charge on any atom is -0.394 e. The molecule has 0 radical (unpaired) electrons. The minimum absolute atomic E-state index is 0.120. The zero-order valence-corrected chi connectivity index (χ0v) is 16.4. The first-order valence-electron chi connectivity index (χ1n) is 9.82.